The smallest absolute Gasteiger partial charge is 0.358 e. The lowest BCUT2D eigenvalue weighted by atomic mass is 10.2. The van der Waals surface area contributed by atoms with Crippen molar-refractivity contribution in [2.24, 2.45) is 0 Å². The quantitative estimate of drug-likeness (QED) is 0.747. The predicted molar refractivity (Wildman–Crippen MR) is 52.8 cm³/mol. The first-order valence-electron chi connectivity index (χ1n) is 4.63. The summed E-state index contributed by atoms with van der Waals surface area (Å²) in [6.45, 7) is 5.08. The highest BCUT2D eigenvalue weighted by molar-refractivity contribution is 5.84. The zero-order valence-corrected chi connectivity index (χ0v) is 9.30. The van der Waals surface area contributed by atoms with E-state index >= 15 is 0 Å². The van der Waals surface area contributed by atoms with Crippen molar-refractivity contribution in [1.29, 1.82) is 0 Å². The third-order valence-corrected chi connectivity index (χ3v) is 1.47. The van der Waals surface area contributed by atoms with Crippen molar-refractivity contribution in [3.05, 3.63) is 11.9 Å². The summed E-state index contributed by atoms with van der Waals surface area (Å²) in [5.41, 5.74) is -0.781. The number of aromatic nitrogens is 3. The number of carbonyl (C=O) groups excluding carboxylic acids is 1. The fraction of sp³-hybridized carbons (Fsp3) is 0.556. The number of rotatable bonds is 3. The van der Waals surface area contributed by atoms with Crippen LogP contribution in [0.2, 0.25) is 0 Å². The molecule has 16 heavy (non-hydrogen) atoms. The number of ether oxygens (including phenoxy) is 1. The molecule has 1 N–H and O–H groups in total. The van der Waals surface area contributed by atoms with Crippen molar-refractivity contribution in [2.75, 3.05) is 0 Å². The molecule has 0 radical (unpaired) electrons. The van der Waals surface area contributed by atoms with E-state index in [4.69, 9.17) is 9.84 Å². The van der Waals surface area contributed by atoms with E-state index < -0.39 is 17.5 Å². The van der Waals surface area contributed by atoms with Gasteiger partial charge in [0.25, 0.3) is 0 Å². The summed E-state index contributed by atoms with van der Waals surface area (Å²) >= 11 is 0. The lowest BCUT2D eigenvalue weighted by molar-refractivity contribution is -0.155. The molecule has 1 rings (SSSR count). The first kappa shape index (κ1) is 12.2. The highest BCUT2D eigenvalue weighted by Gasteiger charge is 2.17. The molecule has 88 valence electrons. The van der Waals surface area contributed by atoms with Gasteiger partial charge in [0, 0.05) is 0 Å². The Kier molecular flexibility index (Phi) is 3.26. The molecular formula is C9H13N3O4. The van der Waals surface area contributed by atoms with Crippen LogP contribution in [0.1, 0.15) is 31.3 Å². The van der Waals surface area contributed by atoms with Crippen molar-refractivity contribution >= 4 is 11.9 Å². The maximum absolute atomic E-state index is 11.3. The van der Waals surface area contributed by atoms with Crippen LogP contribution in [-0.2, 0) is 16.1 Å². The van der Waals surface area contributed by atoms with Crippen LogP contribution in [0.4, 0.5) is 0 Å². The Bertz CT molecular complexity index is 405. The summed E-state index contributed by atoms with van der Waals surface area (Å²) in [6, 6.07) is 0. The van der Waals surface area contributed by atoms with Crippen molar-refractivity contribution in [3.8, 4) is 0 Å². The van der Waals surface area contributed by atoms with Crippen LogP contribution in [0.3, 0.4) is 0 Å². The largest absolute Gasteiger partial charge is 0.476 e. The van der Waals surface area contributed by atoms with Gasteiger partial charge >= 0.3 is 11.9 Å². The molecule has 0 atom stereocenters. The molecule has 0 unspecified atom stereocenters. The maximum atomic E-state index is 11.3. The van der Waals surface area contributed by atoms with E-state index in [0.717, 1.165) is 4.68 Å². The van der Waals surface area contributed by atoms with E-state index in [9.17, 15) is 9.59 Å². The first-order chi connectivity index (χ1) is 7.28. The van der Waals surface area contributed by atoms with E-state index in [2.05, 4.69) is 10.3 Å². The number of carbonyl (C=O) groups is 2. The van der Waals surface area contributed by atoms with Gasteiger partial charge in [0.1, 0.15) is 12.1 Å². The Hall–Kier alpha value is -1.92. The Morgan fingerprint density at radius 1 is 1.50 bits per heavy atom. The maximum Gasteiger partial charge on any atom is 0.358 e. The normalized spacial score (nSPS) is 11.2. The molecule has 0 aliphatic carbocycles. The van der Waals surface area contributed by atoms with Crippen LogP contribution >= 0.6 is 0 Å². The zero-order valence-electron chi connectivity index (χ0n) is 9.30. The van der Waals surface area contributed by atoms with Crippen LogP contribution in [0, 0.1) is 0 Å². The Morgan fingerprint density at radius 2 is 2.12 bits per heavy atom. The molecule has 1 aromatic rings. The van der Waals surface area contributed by atoms with Gasteiger partial charge in [0.05, 0.1) is 6.20 Å². The number of carboxylic acids is 1. The van der Waals surface area contributed by atoms with E-state index in [1.807, 2.05) is 0 Å². The fourth-order valence-corrected chi connectivity index (χ4v) is 0.980. The summed E-state index contributed by atoms with van der Waals surface area (Å²) < 4.78 is 6.16. The molecule has 0 aromatic carbocycles. The topological polar surface area (TPSA) is 94.3 Å². The lowest BCUT2D eigenvalue weighted by Gasteiger charge is -2.19. The Morgan fingerprint density at radius 3 is 2.56 bits per heavy atom. The SMILES string of the molecule is CC(C)(C)OC(=O)Cn1cc(C(=O)O)nn1. The fourth-order valence-electron chi connectivity index (χ4n) is 0.980. The van der Waals surface area contributed by atoms with Crippen molar-refractivity contribution in [3.63, 3.8) is 0 Å². The standard InChI is InChI=1S/C9H13N3O4/c1-9(2,3)16-7(13)5-12-4-6(8(14)15)10-11-12/h4H,5H2,1-3H3,(H,14,15). The molecule has 0 amide bonds. The van der Waals surface area contributed by atoms with E-state index in [0.29, 0.717) is 0 Å². The Balaban J connectivity index is 2.60. The third-order valence-electron chi connectivity index (χ3n) is 1.47. The Labute approximate surface area is 92.0 Å². The predicted octanol–water partition coefficient (Wildman–Crippen LogP) is 0.318. The highest BCUT2D eigenvalue weighted by Crippen LogP contribution is 2.07. The molecule has 0 bridgehead atoms. The minimum absolute atomic E-state index is 0.155. The molecule has 7 nitrogen and oxygen atoms in total. The molecular weight excluding hydrogens is 214 g/mol. The van der Waals surface area contributed by atoms with Gasteiger partial charge in [-0.1, -0.05) is 5.21 Å². The van der Waals surface area contributed by atoms with Crippen LogP contribution in [0.25, 0.3) is 0 Å². The average molecular weight is 227 g/mol. The summed E-state index contributed by atoms with van der Waals surface area (Å²) in [5.74, 6) is -1.68. The number of aromatic carboxylic acids is 1. The monoisotopic (exact) mass is 227 g/mol. The van der Waals surface area contributed by atoms with Gasteiger partial charge in [-0.25, -0.2) is 9.48 Å². The first-order valence-corrected chi connectivity index (χ1v) is 4.63. The summed E-state index contributed by atoms with van der Waals surface area (Å²) in [6.07, 6.45) is 1.17. The van der Waals surface area contributed by atoms with Gasteiger partial charge in [-0.15, -0.1) is 5.10 Å². The van der Waals surface area contributed by atoms with Crippen molar-refractivity contribution in [2.45, 2.75) is 32.9 Å². The lowest BCUT2D eigenvalue weighted by Crippen LogP contribution is -2.26. The molecule has 0 spiro atoms. The second-order valence-corrected chi connectivity index (χ2v) is 4.19. The molecule has 1 heterocycles. The zero-order chi connectivity index (χ0) is 12.3. The second-order valence-electron chi connectivity index (χ2n) is 4.19. The molecule has 0 saturated heterocycles. The average Bonchev–Trinajstić information content (AvgIpc) is 2.48. The summed E-state index contributed by atoms with van der Waals surface area (Å²) in [5, 5.41) is 15.5. The molecule has 0 aliphatic rings. The van der Waals surface area contributed by atoms with E-state index in [-0.39, 0.29) is 12.2 Å². The molecule has 0 aliphatic heterocycles. The highest BCUT2D eigenvalue weighted by atomic mass is 16.6. The van der Waals surface area contributed by atoms with Crippen LogP contribution in [-0.4, -0.2) is 37.6 Å². The minimum atomic E-state index is -1.18. The third kappa shape index (κ3) is 3.68. The van der Waals surface area contributed by atoms with Gasteiger partial charge in [-0.2, -0.15) is 0 Å². The van der Waals surface area contributed by atoms with Gasteiger partial charge < -0.3 is 9.84 Å². The molecule has 0 fully saturated rings. The van der Waals surface area contributed by atoms with Gasteiger partial charge in [0.2, 0.25) is 0 Å². The van der Waals surface area contributed by atoms with Crippen LogP contribution < -0.4 is 0 Å². The van der Waals surface area contributed by atoms with E-state index in [1.165, 1.54) is 6.20 Å². The summed E-state index contributed by atoms with van der Waals surface area (Å²) in [7, 11) is 0. The van der Waals surface area contributed by atoms with Gasteiger partial charge in [0.15, 0.2) is 5.69 Å². The summed E-state index contributed by atoms with van der Waals surface area (Å²) in [4.78, 5) is 21.8. The number of hydrogen-bond donors (Lipinski definition) is 1. The van der Waals surface area contributed by atoms with Gasteiger partial charge in [-0.3, -0.25) is 4.79 Å². The second kappa shape index (κ2) is 4.30. The molecule has 1 aromatic heterocycles. The minimum Gasteiger partial charge on any atom is -0.476 e. The van der Waals surface area contributed by atoms with Crippen LogP contribution in [0.15, 0.2) is 6.20 Å². The molecule has 7 heteroatoms. The number of esters is 1. The number of nitrogens with zero attached hydrogens (tertiary/aromatic N) is 3. The van der Waals surface area contributed by atoms with E-state index in [1.54, 1.807) is 20.8 Å². The number of carboxylic acid groups (broad SMARTS) is 1. The number of hydrogen-bond acceptors (Lipinski definition) is 5. The van der Waals surface area contributed by atoms with Crippen molar-refractivity contribution in [1.82, 2.24) is 15.0 Å². The van der Waals surface area contributed by atoms with Crippen LogP contribution in [0.5, 0.6) is 0 Å². The van der Waals surface area contributed by atoms with Gasteiger partial charge in [-0.05, 0) is 20.8 Å². The van der Waals surface area contributed by atoms with Crippen molar-refractivity contribution < 1.29 is 19.4 Å². The molecule has 0 saturated carbocycles.